The molecule has 0 atom stereocenters. The van der Waals surface area contributed by atoms with Crippen molar-refractivity contribution < 1.29 is 0 Å². The summed E-state index contributed by atoms with van der Waals surface area (Å²) in [5.74, 6) is 0. The molecule has 0 fully saturated rings. The van der Waals surface area contributed by atoms with Gasteiger partial charge in [0.2, 0.25) is 0 Å². The fraction of sp³-hybridized carbons (Fsp3) is 0.417. The van der Waals surface area contributed by atoms with Gasteiger partial charge in [0.1, 0.15) is 0 Å². The van der Waals surface area contributed by atoms with Crippen LogP contribution in [-0.2, 0) is 20.1 Å². The summed E-state index contributed by atoms with van der Waals surface area (Å²) < 4.78 is 1.90. The van der Waals surface area contributed by atoms with Crippen LogP contribution in [-0.4, -0.2) is 9.78 Å². The second-order valence-electron chi connectivity index (χ2n) is 3.99. The van der Waals surface area contributed by atoms with E-state index in [2.05, 4.69) is 30.3 Å². The Balaban J connectivity index is 1.89. The van der Waals surface area contributed by atoms with Gasteiger partial charge in [-0.15, -0.1) is 11.3 Å². The zero-order valence-electron chi connectivity index (χ0n) is 9.95. The highest BCUT2D eigenvalue weighted by molar-refractivity contribution is 7.12. The molecule has 0 aliphatic rings. The lowest BCUT2D eigenvalue weighted by molar-refractivity contribution is 0.626. The van der Waals surface area contributed by atoms with Gasteiger partial charge in [0.05, 0.1) is 5.69 Å². The molecule has 0 amide bonds. The maximum atomic E-state index is 4.14. The molecule has 0 saturated carbocycles. The van der Waals surface area contributed by atoms with Crippen LogP contribution in [0, 0.1) is 13.8 Å². The molecule has 1 N–H and O–H groups in total. The second kappa shape index (κ2) is 4.80. The first-order valence-corrected chi connectivity index (χ1v) is 6.22. The average Bonchev–Trinajstić information content (AvgIpc) is 2.75. The molecule has 0 spiro atoms. The molecule has 3 nitrogen and oxygen atoms in total. The van der Waals surface area contributed by atoms with Crippen LogP contribution in [0.4, 0.5) is 0 Å². The van der Waals surface area contributed by atoms with Crippen molar-refractivity contribution in [1.82, 2.24) is 15.1 Å². The number of hydrogen-bond acceptors (Lipinski definition) is 3. The van der Waals surface area contributed by atoms with Gasteiger partial charge in [0.15, 0.2) is 0 Å². The van der Waals surface area contributed by atoms with Gasteiger partial charge in [0, 0.05) is 36.1 Å². The summed E-state index contributed by atoms with van der Waals surface area (Å²) in [7, 11) is 1.97. The third-order valence-electron chi connectivity index (χ3n) is 2.69. The van der Waals surface area contributed by atoms with Gasteiger partial charge in [-0.1, -0.05) is 0 Å². The summed E-state index contributed by atoms with van der Waals surface area (Å²) in [5, 5.41) is 7.59. The highest BCUT2D eigenvalue weighted by Crippen LogP contribution is 2.20. The van der Waals surface area contributed by atoms with Crippen molar-refractivity contribution in [2.45, 2.75) is 26.9 Å². The molecule has 0 bridgehead atoms. The molecule has 0 saturated heterocycles. The van der Waals surface area contributed by atoms with E-state index in [9.17, 15) is 0 Å². The van der Waals surface area contributed by atoms with E-state index in [-0.39, 0.29) is 0 Å². The number of aryl methyl sites for hydroxylation is 3. The van der Waals surface area contributed by atoms with E-state index in [1.54, 1.807) is 0 Å². The topological polar surface area (TPSA) is 29.9 Å². The Morgan fingerprint density at radius 1 is 1.38 bits per heavy atom. The smallest absolute Gasteiger partial charge is 0.0518 e. The number of aromatic nitrogens is 2. The Kier molecular flexibility index (Phi) is 3.41. The molecule has 4 heteroatoms. The predicted octanol–water partition coefficient (Wildman–Crippen LogP) is 2.39. The number of nitrogens with zero attached hydrogens (tertiary/aromatic N) is 2. The Morgan fingerprint density at radius 3 is 2.75 bits per heavy atom. The summed E-state index contributed by atoms with van der Waals surface area (Å²) >= 11 is 1.86. The number of rotatable bonds is 4. The van der Waals surface area contributed by atoms with Crippen molar-refractivity contribution in [2.24, 2.45) is 7.05 Å². The van der Waals surface area contributed by atoms with E-state index in [0.29, 0.717) is 0 Å². The molecule has 0 aromatic carbocycles. The average molecular weight is 235 g/mol. The summed E-state index contributed by atoms with van der Waals surface area (Å²) in [6, 6.07) is 4.30. The number of thiophene rings is 1. The molecular weight excluding hydrogens is 218 g/mol. The quantitative estimate of drug-likeness (QED) is 0.882. The first-order chi connectivity index (χ1) is 7.66. The van der Waals surface area contributed by atoms with Gasteiger partial charge < -0.3 is 5.32 Å². The zero-order valence-corrected chi connectivity index (χ0v) is 10.8. The molecule has 16 heavy (non-hydrogen) atoms. The molecule has 0 radical (unpaired) electrons. The van der Waals surface area contributed by atoms with Gasteiger partial charge in [-0.05, 0) is 31.5 Å². The molecule has 2 heterocycles. The van der Waals surface area contributed by atoms with E-state index in [1.807, 2.05) is 35.3 Å². The van der Waals surface area contributed by atoms with Crippen molar-refractivity contribution in [2.75, 3.05) is 0 Å². The molecule has 2 rings (SSSR count). The summed E-state index contributed by atoms with van der Waals surface area (Å²) in [6.07, 6.45) is 1.83. The van der Waals surface area contributed by atoms with E-state index < -0.39 is 0 Å². The minimum absolute atomic E-state index is 0.866. The first-order valence-electron chi connectivity index (χ1n) is 5.40. The Labute approximate surface area is 100 Å². The molecule has 0 unspecified atom stereocenters. The molecular formula is C12H17N3S. The highest BCUT2D eigenvalue weighted by atomic mass is 32.1. The highest BCUT2D eigenvalue weighted by Gasteiger charge is 2.03. The minimum atomic E-state index is 0.866. The Bertz CT molecular complexity index is 470. The van der Waals surface area contributed by atoms with Crippen LogP contribution in [0.15, 0.2) is 18.3 Å². The summed E-state index contributed by atoms with van der Waals surface area (Å²) in [4.78, 5) is 2.80. The minimum Gasteiger partial charge on any atom is -0.307 e. The van der Waals surface area contributed by atoms with Crippen LogP contribution in [0.3, 0.4) is 0 Å². The van der Waals surface area contributed by atoms with Gasteiger partial charge in [0.25, 0.3) is 0 Å². The molecule has 86 valence electrons. The fourth-order valence-electron chi connectivity index (χ4n) is 1.76. The number of nitrogens with one attached hydrogen (secondary N) is 1. The molecule has 2 aromatic heterocycles. The van der Waals surface area contributed by atoms with Crippen molar-refractivity contribution in [3.63, 3.8) is 0 Å². The summed E-state index contributed by atoms with van der Waals surface area (Å²) in [5.41, 5.74) is 2.62. The van der Waals surface area contributed by atoms with Gasteiger partial charge in [-0.2, -0.15) is 5.10 Å². The molecule has 0 aliphatic carbocycles. The molecule has 0 aliphatic heterocycles. The van der Waals surface area contributed by atoms with Crippen molar-refractivity contribution in [3.05, 3.63) is 39.3 Å². The van der Waals surface area contributed by atoms with Crippen molar-refractivity contribution >= 4 is 11.3 Å². The van der Waals surface area contributed by atoms with Crippen LogP contribution < -0.4 is 5.32 Å². The third kappa shape index (κ3) is 2.51. The molecule has 2 aromatic rings. The van der Waals surface area contributed by atoms with Crippen LogP contribution >= 0.6 is 11.3 Å². The van der Waals surface area contributed by atoms with Crippen LogP contribution in [0.1, 0.15) is 21.0 Å². The van der Waals surface area contributed by atoms with E-state index >= 15 is 0 Å². The Hall–Kier alpha value is -1.13. The third-order valence-corrected chi connectivity index (χ3v) is 3.70. The van der Waals surface area contributed by atoms with Gasteiger partial charge in [-0.3, -0.25) is 4.68 Å². The van der Waals surface area contributed by atoms with Gasteiger partial charge in [-0.25, -0.2) is 0 Å². The van der Waals surface area contributed by atoms with Crippen LogP contribution in [0.5, 0.6) is 0 Å². The SMILES string of the molecule is Cc1cc(CNCc2ccnn2C)c(C)s1. The number of hydrogen-bond donors (Lipinski definition) is 1. The first kappa shape index (κ1) is 11.4. The maximum Gasteiger partial charge on any atom is 0.0518 e. The zero-order chi connectivity index (χ0) is 11.5. The Morgan fingerprint density at radius 2 is 2.19 bits per heavy atom. The monoisotopic (exact) mass is 235 g/mol. The predicted molar refractivity (Wildman–Crippen MR) is 67.5 cm³/mol. The normalized spacial score (nSPS) is 10.9. The van der Waals surface area contributed by atoms with Crippen LogP contribution in [0.25, 0.3) is 0 Å². The second-order valence-corrected chi connectivity index (χ2v) is 5.45. The lowest BCUT2D eigenvalue weighted by Gasteiger charge is -2.04. The van der Waals surface area contributed by atoms with E-state index in [1.165, 1.54) is 21.0 Å². The van der Waals surface area contributed by atoms with E-state index in [0.717, 1.165) is 13.1 Å². The van der Waals surface area contributed by atoms with Crippen molar-refractivity contribution in [3.8, 4) is 0 Å². The van der Waals surface area contributed by atoms with Gasteiger partial charge >= 0.3 is 0 Å². The summed E-state index contributed by atoms with van der Waals surface area (Å²) in [6.45, 7) is 6.13. The van der Waals surface area contributed by atoms with Crippen molar-refractivity contribution in [1.29, 1.82) is 0 Å². The lowest BCUT2D eigenvalue weighted by Crippen LogP contribution is -2.15. The standard InChI is InChI=1S/C12H17N3S/c1-9-6-11(10(2)16-9)7-13-8-12-4-5-14-15(12)3/h4-6,13H,7-8H2,1-3H3. The van der Waals surface area contributed by atoms with Crippen LogP contribution in [0.2, 0.25) is 0 Å². The largest absolute Gasteiger partial charge is 0.307 e. The van der Waals surface area contributed by atoms with E-state index in [4.69, 9.17) is 0 Å². The maximum absolute atomic E-state index is 4.14. The fourth-order valence-corrected chi connectivity index (χ4v) is 2.71. The lowest BCUT2D eigenvalue weighted by atomic mass is 10.2.